The van der Waals surface area contributed by atoms with Gasteiger partial charge in [0, 0.05) is 40.4 Å². The van der Waals surface area contributed by atoms with Crippen LogP contribution in [0.5, 0.6) is 0 Å². The average molecular weight is 384 g/mol. The number of piperidine rings is 1. The van der Waals surface area contributed by atoms with Gasteiger partial charge in [-0.1, -0.05) is 41.9 Å². The molecule has 1 aliphatic rings. The van der Waals surface area contributed by atoms with Crippen molar-refractivity contribution in [1.29, 1.82) is 0 Å². The Kier molecular flexibility index (Phi) is 5.19. The van der Waals surface area contributed by atoms with E-state index in [0.717, 1.165) is 54.0 Å². The summed E-state index contributed by atoms with van der Waals surface area (Å²) in [6.07, 6.45) is 1.96. The van der Waals surface area contributed by atoms with Crippen molar-refractivity contribution in [2.24, 2.45) is 0 Å². The van der Waals surface area contributed by atoms with Crippen molar-refractivity contribution in [3.8, 4) is 0 Å². The van der Waals surface area contributed by atoms with Crippen molar-refractivity contribution in [3.63, 3.8) is 0 Å². The van der Waals surface area contributed by atoms with Gasteiger partial charge in [-0.2, -0.15) is 0 Å². The van der Waals surface area contributed by atoms with Gasteiger partial charge in [0.05, 0.1) is 13.1 Å². The van der Waals surface area contributed by atoms with Crippen molar-refractivity contribution < 1.29 is 14.1 Å². The molecule has 2 heterocycles. The Morgan fingerprint density at radius 3 is 2.56 bits per heavy atom. The van der Waals surface area contributed by atoms with Gasteiger partial charge in [-0.25, -0.2) is 0 Å². The second-order valence-electron chi connectivity index (χ2n) is 7.35. The molecule has 4 rings (SSSR count). The van der Waals surface area contributed by atoms with E-state index in [1.165, 1.54) is 5.56 Å². The lowest BCUT2D eigenvalue weighted by Gasteiger charge is -2.29. The van der Waals surface area contributed by atoms with Gasteiger partial charge in [-0.3, -0.25) is 4.79 Å². The van der Waals surface area contributed by atoms with Gasteiger partial charge in [0.25, 0.3) is 5.91 Å². The first-order chi connectivity index (χ1) is 13.1. The molecule has 3 aromatic rings. The van der Waals surface area contributed by atoms with Crippen molar-refractivity contribution in [3.05, 3.63) is 70.4 Å². The number of amides is 1. The molecule has 27 heavy (non-hydrogen) atoms. The lowest BCUT2D eigenvalue weighted by molar-refractivity contribution is -0.918. The number of carbonyl (C=O) groups excluding carboxylic acids is 1. The number of fused-ring (bicyclic) bond motifs is 1. The van der Waals surface area contributed by atoms with E-state index in [9.17, 15) is 4.79 Å². The van der Waals surface area contributed by atoms with Crippen molar-refractivity contribution in [2.45, 2.75) is 32.4 Å². The summed E-state index contributed by atoms with van der Waals surface area (Å²) < 4.78 is 5.78. The van der Waals surface area contributed by atoms with Gasteiger partial charge in [-0.15, -0.1) is 0 Å². The van der Waals surface area contributed by atoms with E-state index in [0.29, 0.717) is 5.76 Å². The van der Waals surface area contributed by atoms with Crippen LogP contribution >= 0.6 is 11.6 Å². The largest absolute Gasteiger partial charge is 0.451 e. The summed E-state index contributed by atoms with van der Waals surface area (Å²) in [6.45, 7) is 5.04. The molecule has 5 heteroatoms. The number of rotatable bonds is 4. The van der Waals surface area contributed by atoms with Crippen LogP contribution in [0.25, 0.3) is 11.0 Å². The number of halogens is 1. The zero-order chi connectivity index (χ0) is 18.8. The third-order valence-corrected chi connectivity index (χ3v) is 5.70. The molecule has 1 fully saturated rings. The average Bonchev–Trinajstić information content (AvgIpc) is 3.02. The van der Waals surface area contributed by atoms with Gasteiger partial charge in [0.15, 0.2) is 5.76 Å². The van der Waals surface area contributed by atoms with Gasteiger partial charge in [0.1, 0.15) is 12.1 Å². The minimum Gasteiger partial charge on any atom is -0.451 e. The predicted molar refractivity (Wildman–Crippen MR) is 107 cm³/mol. The van der Waals surface area contributed by atoms with Crippen LogP contribution in [-0.4, -0.2) is 25.0 Å². The smallest absolute Gasteiger partial charge is 0.287 e. The minimum absolute atomic E-state index is 0.102. The zero-order valence-corrected chi connectivity index (χ0v) is 16.2. The Morgan fingerprint density at radius 2 is 1.85 bits per heavy atom. The number of aryl methyl sites for hydroxylation is 1. The van der Waals surface area contributed by atoms with E-state index in [1.807, 2.05) is 43.3 Å². The van der Waals surface area contributed by atoms with Crippen molar-refractivity contribution >= 4 is 28.5 Å². The molecule has 1 amide bonds. The lowest BCUT2D eigenvalue weighted by Crippen LogP contribution is -3.12. The Labute approximate surface area is 164 Å². The van der Waals surface area contributed by atoms with Crippen LogP contribution in [0.4, 0.5) is 0 Å². The normalized spacial score (nSPS) is 19.9. The summed E-state index contributed by atoms with van der Waals surface area (Å²) >= 11 is 5.95. The number of likely N-dealkylation sites (tertiary alicyclic amines) is 1. The van der Waals surface area contributed by atoms with Crippen LogP contribution < -0.4 is 10.2 Å². The van der Waals surface area contributed by atoms with Crippen molar-refractivity contribution in [1.82, 2.24) is 5.32 Å². The Morgan fingerprint density at radius 1 is 1.15 bits per heavy atom. The lowest BCUT2D eigenvalue weighted by atomic mass is 10.0. The molecule has 0 aliphatic carbocycles. The zero-order valence-electron chi connectivity index (χ0n) is 15.4. The maximum atomic E-state index is 12.7. The third kappa shape index (κ3) is 4.02. The van der Waals surface area contributed by atoms with Crippen molar-refractivity contribution in [2.75, 3.05) is 13.1 Å². The predicted octanol–water partition coefficient (Wildman–Crippen LogP) is 3.37. The Bertz CT molecular complexity index is 941. The van der Waals surface area contributed by atoms with Gasteiger partial charge >= 0.3 is 0 Å². The van der Waals surface area contributed by atoms with Crippen LogP contribution in [0.15, 0.2) is 52.9 Å². The summed E-state index contributed by atoms with van der Waals surface area (Å²) in [5.41, 5.74) is 2.98. The first-order valence-electron chi connectivity index (χ1n) is 9.47. The van der Waals surface area contributed by atoms with Crippen LogP contribution in [-0.2, 0) is 6.54 Å². The fraction of sp³-hybridized carbons (Fsp3) is 0.318. The highest BCUT2D eigenvalue weighted by Crippen LogP contribution is 2.25. The SMILES string of the molecule is Cc1c(C(=O)NC2CC[NH+](Cc3ccc(Cl)cc3)CC2)oc2ccccc12. The standard InChI is InChI=1S/C22H23ClN2O2/c1-15-19-4-2-3-5-20(19)27-21(15)22(26)24-18-10-12-25(13-11-18)14-16-6-8-17(23)9-7-16/h2-9,18H,10-14H2,1H3,(H,24,26)/p+1. The maximum absolute atomic E-state index is 12.7. The third-order valence-electron chi connectivity index (χ3n) is 5.45. The molecule has 0 unspecified atom stereocenters. The number of carbonyl (C=O) groups is 1. The second-order valence-corrected chi connectivity index (χ2v) is 7.79. The van der Waals surface area contributed by atoms with E-state index >= 15 is 0 Å². The minimum atomic E-state index is -0.102. The monoisotopic (exact) mass is 383 g/mol. The van der Waals surface area contributed by atoms with Crippen LogP contribution in [0, 0.1) is 6.92 Å². The fourth-order valence-corrected chi connectivity index (χ4v) is 4.01. The molecular formula is C22H24ClN2O2+. The number of quaternary nitrogens is 1. The molecular weight excluding hydrogens is 360 g/mol. The summed E-state index contributed by atoms with van der Waals surface area (Å²) in [5.74, 6) is 0.335. The van der Waals surface area contributed by atoms with Gasteiger partial charge in [0.2, 0.25) is 0 Å². The summed E-state index contributed by atoms with van der Waals surface area (Å²) in [5, 5.41) is 4.94. The Hall–Kier alpha value is -2.30. The van der Waals surface area contributed by atoms with E-state index in [-0.39, 0.29) is 11.9 Å². The number of para-hydroxylation sites is 1. The topological polar surface area (TPSA) is 46.7 Å². The molecule has 1 aromatic heterocycles. The number of hydrogen-bond acceptors (Lipinski definition) is 2. The number of furan rings is 1. The summed E-state index contributed by atoms with van der Waals surface area (Å²) in [7, 11) is 0. The summed E-state index contributed by atoms with van der Waals surface area (Å²) in [4.78, 5) is 14.2. The molecule has 4 nitrogen and oxygen atoms in total. The highest BCUT2D eigenvalue weighted by Gasteiger charge is 2.26. The van der Waals surface area contributed by atoms with Crippen LogP contribution in [0.2, 0.25) is 5.02 Å². The number of benzene rings is 2. The molecule has 1 saturated heterocycles. The first-order valence-corrected chi connectivity index (χ1v) is 9.85. The van der Waals surface area contributed by atoms with E-state index in [1.54, 1.807) is 4.90 Å². The highest BCUT2D eigenvalue weighted by molar-refractivity contribution is 6.30. The maximum Gasteiger partial charge on any atom is 0.287 e. The molecule has 0 atom stereocenters. The quantitative estimate of drug-likeness (QED) is 0.725. The first kappa shape index (κ1) is 18.1. The van der Waals surface area contributed by atoms with E-state index in [4.69, 9.17) is 16.0 Å². The Balaban J connectivity index is 1.33. The van der Waals surface area contributed by atoms with E-state index in [2.05, 4.69) is 17.4 Å². The molecule has 0 spiro atoms. The molecule has 0 bridgehead atoms. The molecule has 1 aliphatic heterocycles. The summed E-state index contributed by atoms with van der Waals surface area (Å²) in [6, 6.07) is 16.1. The van der Waals surface area contributed by atoms with Gasteiger partial charge in [-0.05, 0) is 25.1 Å². The molecule has 0 saturated carbocycles. The molecule has 140 valence electrons. The van der Waals surface area contributed by atoms with Crippen LogP contribution in [0.1, 0.15) is 34.5 Å². The molecule has 2 N–H and O–H groups in total. The van der Waals surface area contributed by atoms with Crippen LogP contribution in [0.3, 0.4) is 0 Å². The second kappa shape index (κ2) is 7.75. The van der Waals surface area contributed by atoms with E-state index < -0.39 is 0 Å². The van der Waals surface area contributed by atoms with Gasteiger partial charge < -0.3 is 14.6 Å². The number of hydrogen-bond donors (Lipinski definition) is 2. The number of nitrogens with one attached hydrogen (secondary N) is 2. The molecule has 0 radical (unpaired) electrons. The fourth-order valence-electron chi connectivity index (χ4n) is 3.88. The highest BCUT2D eigenvalue weighted by atomic mass is 35.5. The molecule has 2 aromatic carbocycles.